The molecule has 0 spiro atoms. The van der Waals surface area contributed by atoms with E-state index in [9.17, 15) is 17.6 Å². The maximum atomic E-state index is 14.2. The zero-order chi connectivity index (χ0) is 17.5. The Kier molecular flexibility index (Phi) is 3.79. The fraction of sp³-hybridized carbons (Fsp3) is 0.118. The highest BCUT2D eigenvalue weighted by atomic mass is 19.4. The van der Waals surface area contributed by atoms with Gasteiger partial charge in [-0.05, 0) is 30.3 Å². The molecule has 0 bridgehead atoms. The van der Waals surface area contributed by atoms with Gasteiger partial charge in [0.05, 0.1) is 23.9 Å². The van der Waals surface area contributed by atoms with Crippen molar-refractivity contribution in [3.8, 4) is 17.0 Å². The lowest BCUT2D eigenvalue weighted by molar-refractivity contribution is -0.137. The van der Waals surface area contributed by atoms with E-state index in [1.54, 1.807) is 0 Å². The van der Waals surface area contributed by atoms with Gasteiger partial charge in [-0.25, -0.2) is 9.37 Å². The lowest BCUT2D eigenvalue weighted by atomic mass is 10.1. The molecule has 3 nitrogen and oxygen atoms in total. The standard InChI is InChI=1S/C17H12F4N2O/c1-24-10-3-5-11(13(18)7-10)16-8-14(22)12-4-2-9(17(19,20)21)6-15(12)23-16/h2-8H,1H3,(H2,22,23). The molecule has 24 heavy (non-hydrogen) atoms. The van der Waals surface area contributed by atoms with Crippen molar-refractivity contribution in [3.05, 3.63) is 53.8 Å². The van der Waals surface area contributed by atoms with E-state index in [4.69, 9.17) is 10.5 Å². The van der Waals surface area contributed by atoms with E-state index >= 15 is 0 Å². The van der Waals surface area contributed by atoms with Gasteiger partial charge in [0.15, 0.2) is 0 Å². The second-order valence-corrected chi connectivity index (χ2v) is 5.17. The van der Waals surface area contributed by atoms with Crippen LogP contribution in [0.2, 0.25) is 0 Å². The molecule has 3 aromatic rings. The highest BCUT2D eigenvalue weighted by Gasteiger charge is 2.30. The van der Waals surface area contributed by atoms with Gasteiger partial charge in [-0.1, -0.05) is 6.07 Å². The van der Waals surface area contributed by atoms with Crippen LogP contribution in [0, 0.1) is 5.82 Å². The van der Waals surface area contributed by atoms with E-state index in [2.05, 4.69) is 4.98 Å². The average Bonchev–Trinajstić information content (AvgIpc) is 2.53. The summed E-state index contributed by atoms with van der Waals surface area (Å²) < 4.78 is 57.7. The van der Waals surface area contributed by atoms with E-state index in [0.717, 1.165) is 12.1 Å². The van der Waals surface area contributed by atoms with E-state index in [1.807, 2.05) is 0 Å². The van der Waals surface area contributed by atoms with Crippen molar-refractivity contribution < 1.29 is 22.3 Å². The van der Waals surface area contributed by atoms with Crippen LogP contribution in [0.5, 0.6) is 5.75 Å². The molecular weight excluding hydrogens is 324 g/mol. The summed E-state index contributed by atoms with van der Waals surface area (Å²) in [5.74, 6) is -0.281. The molecule has 3 rings (SSSR count). The second-order valence-electron chi connectivity index (χ2n) is 5.17. The first kappa shape index (κ1) is 16.0. The number of nitrogens with zero attached hydrogens (tertiary/aromatic N) is 1. The fourth-order valence-electron chi connectivity index (χ4n) is 2.40. The van der Waals surface area contributed by atoms with Crippen LogP contribution in [0.15, 0.2) is 42.5 Å². The summed E-state index contributed by atoms with van der Waals surface area (Å²) in [6.45, 7) is 0. The number of hydrogen-bond donors (Lipinski definition) is 1. The van der Waals surface area contributed by atoms with Gasteiger partial charge in [0, 0.05) is 22.7 Å². The van der Waals surface area contributed by atoms with Gasteiger partial charge in [-0.3, -0.25) is 0 Å². The van der Waals surface area contributed by atoms with Gasteiger partial charge in [0.25, 0.3) is 0 Å². The zero-order valence-electron chi connectivity index (χ0n) is 12.5. The Hall–Kier alpha value is -2.83. The Morgan fingerprint density at radius 1 is 1.04 bits per heavy atom. The summed E-state index contributed by atoms with van der Waals surface area (Å²) in [6, 6.07) is 8.67. The number of fused-ring (bicyclic) bond motifs is 1. The molecule has 0 radical (unpaired) electrons. The summed E-state index contributed by atoms with van der Waals surface area (Å²) in [6.07, 6.45) is -4.49. The van der Waals surface area contributed by atoms with Crippen LogP contribution in [-0.4, -0.2) is 12.1 Å². The third-order valence-electron chi connectivity index (χ3n) is 3.62. The third kappa shape index (κ3) is 2.84. The molecule has 0 saturated carbocycles. The summed E-state index contributed by atoms with van der Waals surface area (Å²) in [5.41, 5.74) is 5.60. The molecule has 0 fully saturated rings. The number of benzene rings is 2. The van der Waals surface area contributed by atoms with Crippen molar-refractivity contribution in [1.29, 1.82) is 0 Å². The molecule has 0 aliphatic rings. The van der Waals surface area contributed by atoms with E-state index in [0.29, 0.717) is 11.1 Å². The predicted octanol–water partition coefficient (Wildman–Crippen LogP) is 4.65. The topological polar surface area (TPSA) is 48.1 Å². The quantitative estimate of drug-likeness (QED) is 0.693. The van der Waals surface area contributed by atoms with Crippen LogP contribution in [0.4, 0.5) is 23.2 Å². The Labute approximate surface area is 134 Å². The van der Waals surface area contributed by atoms with Crippen molar-refractivity contribution in [2.75, 3.05) is 12.8 Å². The maximum absolute atomic E-state index is 14.2. The minimum absolute atomic E-state index is 0.0510. The lowest BCUT2D eigenvalue weighted by Crippen LogP contribution is -2.05. The first-order chi connectivity index (χ1) is 11.3. The number of alkyl halides is 3. The molecule has 0 amide bonds. The number of anilines is 1. The smallest absolute Gasteiger partial charge is 0.416 e. The summed E-state index contributed by atoms with van der Waals surface area (Å²) in [5, 5.41) is 0.376. The molecule has 1 aromatic heterocycles. The number of pyridine rings is 1. The molecule has 2 aromatic carbocycles. The van der Waals surface area contributed by atoms with Gasteiger partial charge in [-0.2, -0.15) is 13.2 Å². The summed E-state index contributed by atoms with van der Waals surface area (Å²) in [4.78, 5) is 4.14. The van der Waals surface area contributed by atoms with Crippen LogP contribution in [0.1, 0.15) is 5.56 Å². The predicted molar refractivity (Wildman–Crippen MR) is 83.1 cm³/mol. The van der Waals surface area contributed by atoms with E-state index in [-0.39, 0.29) is 22.5 Å². The normalized spacial score (nSPS) is 11.7. The van der Waals surface area contributed by atoms with E-state index < -0.39 is 17.6 Å². The first-order valence-corrected chi connectivity index (χ1v) is 6.91. The van der Waals surface area contributed by atoms with Crippen LogP contribution in [-0.2, 0) is 6.18 Å². The number of halogens is 4. The molecular formula is C17H12F4N2O. The minimum Gasteiger partial charge on any atom is -0.497 e. The Morgan fingerprint density at radius 3 is 2.42 bits per heavy atom. The van der Waals surface area contributed by atoms with Crippen LogP contribution in [0.25, 0.3) is 22.2 Å². The van der Waals surface area contributed by atoms with Crippen molar-refractivity contribution in [1.82, 2.24) is 4.98 Å². The van der Waals surface area contributed by atoms with Crippen molar-refractivity contribution in [2.45, 2.75) is 6.18 Å². The number of rotatable bonds is 2. The molecule has 0 unspecified atom stereocenters. The van der Waals surface area contributed by atoms with Crippen LogP contribution in [0.3, 0.4) is 0 Å². The van der Waals surface area contributed by atoms with E-state index in [1.165, 1.54) is 37.4 Å². The Morgan fingerprint density at radius 2 is 1.79 bits per heavy atom. The number of methoxy groups -OCH3 is 1. The number of aromatic nitrogens is 1. The molecule has 124 valence electrons. The monoisotopic (exact) mass is 336 g/mol. The zero-order valence-corrected chi connectivity index (χ0v) is 12.5. The average molecular weight is 336 g/mol. The minimum atomic E-state index is -4.49. The largest absolute Gasteiger partial charge is 0.497 e. The number of nitrogen functional groups attached to an aromatic ring is 1. The van der Waals surface area contributed by atoms with Gasteiger partial charge in [0.1, 0.15) is 11.6 Å². The number of nitrogens with two attached hydrogens (primary N) is 1. The fourth-order valence-corrected chi connectivity index (χ4v) is 2.40. The molecule has 7 heteroatoms. The van der Waals surface area contributed by atoms with Crippen LogP contribution < -0.4 is 10.5 Å². The van der Waals surface area contributed by atoms with Gasteiger partial charge >= 0.3 is 6.18 Å². The SMILES string of the molecule is COc1ccc(-c2cc(N)c3ccc(C(F)(F)F)cc3n2)c(F)c1. The maximum Gasteiger partial charge on any atom is 0.416 e. The van der Waals surface area contributed by atoms with Crippen LogP contribution >= 0.6 is 0 Å². The van der Waals surface area contributed by atoms with Crippen molar-refractivity contribution in [3.63, 3.8) is 0 Å². The third-order valence-corrected chi connectivity index (χ3v) is 3.62. The summed E-state index contributed by atoms with van der Waals surface area (Å²) >= 11 is 0. The molecule has 0 aliphatic carbocycles. The second kappa shape index (κ2) is 5.67. The molecule has 0 aliphatic heterocycles. The Balaban J connectivity index is 2.19. The van der Waals surface area contributed by atoms with Gasteiger partial charge in [-0.15, -0.1) is 0 Å². The molecule has 0 saturated heterocycles. The Bertz CT molecular complexity index is 922. The molecule has 2 N–H and O–H groups in total. The number of hydrogen-bond acceptors (Lipinski definition) is 3. The van der Waals surface area contributed by atoms with Crippen molar-refractivity contribution >= 4 is 16.6 Å². The highest BCUT2D eigenvalue weighted by Crippen LogP contribution is 2.34. The highest BCUT2D eigenvalue weighted by molar-refractivity contribution is 5.93. The van der Waals surface area contributed by atoms with Crippen molar-refractivity contribution in [2.24, 2.45) is 0 Å². The lowest BCUT2D eigenvalue weighted by Gasteiger charge is -2.11. The number of ether oxygens (including phenoxy) is 1. The van der Waals surface area contributed by atoms with Gasteiger partial charge in [0.2, 0.25) is 0 Å². The summed E-state index contributed by atoms with van der Waals surface area (Å²) in [7, 11) is 1.40. The molecule has 0 atom stereocenters. The molecule has 1 heterocycles. The first-order valence-electron chi connectivity index (χ1n) is 6.91. The van der Waals surface area contributed by atoms with Gasteiger partial charge < -0.3 is 10.5 Å².